The third-order valence-corrected chi connectivity index (χ3v) is 3.89. The second kappa shape index (κ2) is 9.27. The summed E-state index contributed by atoms with van der Waals surface area (Å²) >= 11 is 0. The lowest BCUT2D eigenvalue weighted by Crippen LogP contribution is -2.17. The van der Waals surface area contributed by atoms with Crippen molar-refractivity contribution in [1.29, 1.82) is 0 Å². The molecule has 0 bridgehead atoms. The van der Waals surface area contributed by atoms with Crippen LogP contribution >= 0.6 is 0 Å². The molecule has 0 aliphatic rings. The van der Waals surface area contributed by atoms with E-state index >= 15 is 0 Å². The fourth-order valence-electron chi connectivity index (χ4n) is 2.41. The summed E-state index contributed by atoms with van der Waals surface area (Å²) < 4.78 is 23.5. The van der Waals surface area contributed by atoms with Crippen LogP contribution in [-0.2, 0) is 0 Å². The zero-order chi connectivity index (χ0) is 20.6. The maximum absolute atomic E-state index is 12.9. The van der Waals surface area contributed by atoms with Gasteiger partial charge in [-0.05, 0) is 60.2 Å². The van der Waals surface area contributed by atoms with E-state index in [4.69, 9.17) is 9.47 Å². The van der Waals surface area contributed by atoms with Gasteiger partial charge in [0.15, 0.2) is 11.5 Å². The van der Waals surface area contributed by atoms with Crippen LogP contribution in [0.25, 0.3) is 0 Å². The molecule has 1 amide bonds. The van der Waals surface area contributed by atoms with E-state index in [1.165, 1.54) is 37.6 Å². The van der Waals surface area contributed by atoms with E-state index in [9.17, 15) is 14.0 Å². The number of methoxy groups -OCH3 is 1. The zero-order valence-electron chi connectivity index (χ0n) is 15.5. The monoisotopic (exact) mass is 392 g/mol. The molecule has 6 nitrogen and oxygen atoms in total. The molecular weight excluding hydrogens is 375 g/mol. The van der Waals surface area contributed by atoms with Gasteiger partial charge in [-0.1, -0.05) is 18.2 Å². The molecular formula is C22H17FN2O4. The molecule has 0 radical (unpaired) electrons. The quantitative estimate of drug-likeness (QED) is 0.299. The zero-order valence-corrected chi connectivity index (χ0v) is 15.5. The average Bonchev–Trinajstić information content (AvgIpc) is 2.75. The number of esters is 1. The van der Waals surface area contributed by atoms with Crippen molar-refractivity contribution in [2.45, 2.75) is 0 Å². The van der Waals surface area contributed by atoms with Crippen molar-refractivity contribution in [3.05, 3.63) is 95.3 Å². The topological polar surface area (TPSA) is 77.0 Å². The van der Waals surface area contributed by atoms with Crippen molar-refractivity contribution < 1.29 is 23.5 Å². The second-order valence-corrected chi connectivity index (χ2v) is 5.87. The van der Waals surface area contributed by atoms with Gasteiger partial charge < -0.3 is 9.47 Å². The molecule has 0 atom stereocenters. The van der Waals surface area contributed by atoms with E-state index in [-0.39, 0.29) is 11.3 Å². The summed E-state index contributed by atoms with van der Waals surface area (Å²) in [6.45, 7) is 0. The molecule has 1 N–H and O–H groups in total. The minimum Gasteiger partial charge on any atom is -0.493 e. The van der Waals surface area contributed by atoms with Crippen LogP contribution in [0.4, 0.5) is 4.39 Å². The molecule has 3 rings (SSSR count). The Morgan fingerprint density at radius 1 is 0.931 bits per heavy atom. The first-order chi connectivity index (χ1) is 14.1. The number of nitrogens with one attached hydrogen (secondary N) is 1. The highest BCUT2D eigenvalue weighted by molar-refractivity contribution is 5.95. The van der Waals surface area contributed by atoms with Crippen LogP contribution in [0, 0.1) is 5.82 Å². The first kappa shape index (κ1) is 19.8. The van der Waals surface area contributed by atoms with E-state index in [1.807, 2.05) is 0 Å². The first-order valence-corrected chi connectivity index (χ1v) is 8.61. The van der Waals surface area contributed by atoms with Gasteiger partial charge in [0.25, 0.3) is 5.91 Å². The number of amides is 1. The van der Waals surface area contributed by atoms with Crippen LogP contribution in [0.1, 0.15) is 26.3 Å². The number of hydrogen-bond donors (Lipinski definition) is 1. The summed E-state index contributed by atoms with van der Waals surface area (Å²) in [6, 6.07) is 18.5. The summed E-state index contributed by atoms with van der Waals surface area (Å²) in [5, 5.41) is 3.87. The third-order valence-electron chi connectivity index (χ3n) is 3.89. The van der Waals surface area contributed by atoms with Crippen LogP contribution in [-0.4, -0.2) is 25.2 Å². The van der Waals surface area contributed by atoms with Gasteiger partial charge in [0.05, 0.1) is 18.9 Å². The van der Waals surface area contributed by atoms with E-state index in [0.717, 1.165) is 0 Å². The van der Waals surface area contributed by atoms with Gasteiger partial charge in [0.1, 0.15) is 5.82 Å². The molecule has 146 valence electrons. The van der Waals surface area contributed by atoms with Crippen LogP contribution < -0.4 is 14.9 Å². The summed E-state index contributed by atoms with van der Waals surface area (Å²) in [7, 11) is 1.45. The van der Waals surface area contributed by atoms with E-state index < -0.39 is 17.7 Å². The number of carbonyl (C=O) groups excluding carboxylic acids is 2. The highest BCUT2D eigenvalue weighted by Crippen LogP contribution is 2.28. The molecule has 29 heavy (non-hydrogen) atoms. The Balaban J connectivity index is 1.66. The molecule has 0 aliphatic heterocycles. The number of benzene rings is 3. The predicted molar refractivity (Wildman–Crippen MR) is 106 cm³/mol. The summed E-state index contributed by atoms with van der Waals surface area (Å²) in [5.41, 5.74) is 3.67. The normalized spacial score (nSPS) is 10.6. The van der Waals surface area contributed by atoms with Gasteiger partial charge in [0, 0.05) is 5.56 Å². The van der Waals surface area contributed by atoms with Crippen LogP contribution in [0.3, 0.4) is 0 Å². The Morgan fingerprint density at radius 2 is 1.66 bits per heavy atom. The van der Waals surface area contributed by atoms with Crippen molar-refractivity contribution in [3.8, 4) is 11.5 Å². The Kier molecular flexibility index (Phi) is 6.32. The van der Waals surface area contributed by atoms with Crippen LogP contribution in [0.15, 0.2) is 77.9 Å². The van der Waals surface area contributed by atoms with Crippen LogP contribution in [0.5, 0.6) is 11.5 Å². The SMILES string of the molecule is COc1cc(/C=N/NC(=O)c2ccc(F)cc2)ccc1OC(=O)c1ccccc1. The average molecular weight is 392 g/mol. The fraction of sp³-hybridized carbons (Fsp3) is 0.0455. The lowest BCUT2D eigenvalue weighted by Gasteiger charge is -2.10. The van der Waals surface area contributed by atoms with Gasteiger partial charge in [-0.25, -0.2) is 14.6 Å². The number of rotatable bonds is 6. The van der Waals surface area contributed by atoms with Crippen molar-refractivity contribution in [2.24, 2.45) is 5.10 Å². The number of halogens is 1. The molecule has 3 aromatic carbocycles. The molecule has 0 saturated carbocycles. The van der Waals surface area contributed by atoms with Crippen molar-refractivity contribution in [3.63, 3.8) is 0 Å². The molecule has 0 spiro atoms. The number of carbonyl (C=O) groups is 2. The molecule has 0 fully saturated rings. The predicted octanol–water partition coefficient (Wildman–Crippen LogP) is 3.82. The van der Waals surface area contributed by atoms with Gasteiger partial charge >= 0.3 is 5.97 Å². The molecule has 0 heterocycles. The lowest BCUT2D eigenvalue weighted by atomic mass is 10.2. The smallest absolute Gasteiger partial charge is 0.343 e. The van der Waals surface area contributed by atoms with Crippen LogP contribution in [0.2, 0.25) is 0 Å². The summed E-state index contributed by atoms with van der Waals surface area (Å²) in [6.07, 6.45) is 1.41. The van der Waals surface area contributed by atoms with Gasteiger partial charge in [0.2, 0.25) is 0 Å². The van der Waals surface area contributed by atoms with E-state index in [2.05, 4.69) is 10.5 Å². The van der Waals surface area contributed by atoms with Gasteiger partial charge in [-0.3, -0.25) is 4.79 Å². The molecule has 0 unspecified atom stereocenters. The maximum Gasteiger partial charge on any atom is 0.343 e. The van der Waals surface area contributed by atoms with Gasteiger partial charge in [-0.2, -0.15) is 5.10 Å². The maximum atomic E-state index is 12.9. The number of ether oxygens (including phenoxy) is 2. The van der Waals surface area contributed by atoms with E-state index in [1.54, 1.807) is 48.5 Å². The number of nitrogens with zero attached hydrogens (tertiary/aromatic N) is 1. The Bertz CT molecular complexity index is 1030. The molecule has 7 heteroatoms. The second-order valence-electron chi connectivity index (χ2n) is 5.87. The third kappa shape index (κ3) is 5.26. The Morgan fingerprint density at radius 3 is 2.34 bits per heavy atom. The Labute approximate surface area is 166 Å². The largest absolute Gasteiger partial charge is 0.493 e. The van der Waals surface area contributed by atoms with Crippen molar-refractivity contribution in [1.82, 2.24) is 5.43 Å². The minimum atomic E-state index is -0.503. The summed E-state index contributed by atoms with van der Waals surface area (Å²) in [4.78, 5) is 24.1. The highest BCUT2D eigenvalue weighted by atomic mass is 19.1. The molecule has 3 aromatic rings. The van der Waals surface area contributed by atoms with Gasteiger partial charge in [-0.15, -0.1) is 0 Å². The van der Waals surface area contributed by atoms with E-state index in [0.29, 0.717) is 16.9 Å². The summed E-state index contributed by atoms with van der Waals surface area (Å²) in [5.74, 6) is -0.805. The number of hydrazone groups is 1. The Hall–Kier alpha value is -4.00. The molecule has 0 aromatic heterocycles. The fourth-order valence-corrected chi connectivity index (χ4v) is 2.41. The first-order valence-electron chi connectivity index (χ1n) is 8.61. The van der Waals surface area contributed by atoms with Crippen molar-refractivity contribution >= 4 is 18.1 Å². The minimum absolute atomic E-state index is 0.258. The molecule has 0 aliphatic carbocycles. The molecule has 0 saturated heterocycles. The highest BCUT2D eigenvalue weighted by Gasteiger charge is 2.12. The van der Waals surface area contributed by atoms with Crippen molar-refractivity contribution in [2.75, 3.05) is 7.11 Å². The standard InChI is InChI=1S/C22H17FN2O4/c1-28-20-13-15(14-24-25-21(26)16-8-10-18(23)11-9-16)7-12-19(20)29-22(27)17-5-3-2-4-6-17/h2-14H,1H3,(H,25,26)/b24-14+. The number of hydrogen-bond acceptors (Lipinski definition) is 5. The lowest BCUT2D eigenvalue weighted by molar-refractivity contribution is 0.0729.